The number of aryl methyl sites for hydroxylation is 4. The number of nitrogens with two attached hydrogens (primary N) is 1. The van der Waals surface area contributed by atoms with Crippen molar-refractivity contribution in [2.24, 2.45) is 0 Å². The number of aromatic nitrogens is 17. The Kier molecular flexibility index (Phi) is 20.6. The summed E-state index contributed by atoms with van der Waals surface area (Å²) < 4.78 is 10.2. The van der Waals surface area contributed by atoms with Crippen molar-refractivity contribution < 1.29 is 4.74 Å². The molecule has 0 unspecified atom stereocenters. The number of hydrogen-bond acceptors (Lipinski definition) is 23. The highest BCUT2D eigenvalue weighted by atomic mass is 16.5. The van der Waals surface area contributed by atoms with Gasteiger partial charge in [-0.25, -0.2) is 49.7 Å². The van der Waals surface area contributed by atoms with Crippen LogP contribution in [0.3, 0.4) is 0 Å². The number of fused-ring (bicyclic) bond motifs is 3. The average Bonchev–Trinajstić information content (AvgIpc) is 0.762. The van der Waals surface area contributed by atoms with E-state index in [4.69, 9.17) is 32.0 Å². The number of nitrogen functional groups attached to an aromatic ring is 1. The lowest BCUT2D eigenvalue weighted by Gasteiger charge is -2.21. The molecule has 526 valence electrons. The first kappa shape index (κ1) is 70.7. The molecule has 9 aromatic heterocycles. The molecular formula is C80H67N23O4. The third-order valence-electron chi connectivity index (χ3n) is 17.3. The molecule has 0 spiro atoms. The molecule has 107 heavy (non-hydrogen) atoms. The average molecular weight is 1410 g/mol. The summed E-state index contributed by atoms with van der Waals surface area (Å²) in [5.74, 6) is 5.35. The smallest absolute Gasteiger partial charge is 0.266 e. The maximum absolute atomic E-state index is 14.2. The van der Waals surface area contributed by atoms with Gasteiger partial charge < -0.3 is 26.4 Å². The monoisotopic (exact) mass is 1410 g/mol. The van der Waals surface area contributed by atoms with E-state index in [-0.39, 0.29) is 28.7 Å². The van der Waals surface area contributed by atoms with Gasteiger partial charge in [-0.2, -0.15) is 20.4 Å². The molecule has 0 aliphatic heterocycles. The van der Waals surface area contributed by atoms with Gasteiger partial charge in [0.05, 0.1) is 106 Å². The fourth-order valence-electron chi connectivity index (χ4n) is 12.2. The minimum atomic E-state index is -0.464. The van der Waals surface area contributed by atoms with Gasteiger partial charge in [-0.1, -0.05) is 91.0 Å². The molecule has 0 saturated heterocycles. The topological polar surface area (TPSA) is 346 Å². The molecule has 15 aromatic rings. The van der Waals surface area contributed by atoms with Gasteiger partial charge >= 0.3 is 0 Å². The summed E-state index contributed by atoms with van der Waals surface area (Å²) in [6.07, 6.45) is 14.6. The molecule has 0 saturated carbocycles. The van der Waals surface area contributed by atoms with Gasteiger partial charge in [0.1, 0.15) is 69.8 Å². The first-order valence-corrected chi connectivity index (χ1v) is 33.7. The van der Waals surface area contributed by atoms with Crippen molar-refractivity contribution in [3.05, 3.63) is 302 Å². The number of nitriles is 1. The molecule has 9 heterocycles. The standard InChI is InChI=1S/C28H23N7O2.C27H22N8O.C25H22N8O/c1-17(32-26-24(29-3)16-31-18(2)33-26)27-34-23-12-8-11-22(19-13-21(37-4)15-30-14-19)25(23)28(36)35(27)20-9-6-5-7-10-20;1-16(32-25-19(12-28)13-31-18(3)33-25)26-34-23-11-7-10-22(20-14-29-17(2)30-15-20)24(23)27(36)35(26)21-8-5-4-6-9-21;1-15-13-27-25(26)32-22(15)30-16(2)23-31-20-10-6-9-19(17-11-12-28-29-14-17)21(20)24(34)33(23)18-7-4-3-5-8-18/h5-17H,1-2,4H3,(H,31,32,33);4-11,13-16H,1-3H3,(H,31,32,33);3-14,16H,1-2H3,(H3,26,27,30,32)/t17-;2*16-/m000/s1. The lowest BCUT2D eigenvalue weighted by atomic mass is 10.0. The Morgan fingerprint density at radius 2 is 0.925 bits per heavy atom. The number of para-hydroxylation sites is 3. The molecule has 5 N–H and O–H groups in total. The minimum Gasteiger partial charge on any atom is -0.495 e. The van der Waals surface area contributed by atoms with Crippen molar-refractivity contribution in [1.82, 2.24) is 83.7 Å². The van der Waals surface area contributed by atoms with Gasteiger partial charge in [0.15, 0.2) is 0 Å². The van der Waals surface area contributed by atoms with E-state index in [0.29, 0.717) is 130 Å². The molecule has 27 heteroatoms. The van der Waals surface area contributed by atoms with E-state index in [1.807, 2.05) is 192 Å². The molecule has 15 rings (SSSR count). The van der Waals surface area contributed by atoms with Crippen LogP contribution in [0, 0.1) is 45.6 Å². The number of benzene rings is 6. The van der Waals surface area contributed by atoms with Gasteiger partial charge in [-0.15, -0.1) is 0 Å². The third-order valence-corrected chi connectivity index (χ3v) is 17.3. The molecule has 0 aliphatic rings. The lowest BCUT2D eigenvalue weighted by Crippen LogP contribution is -2.28. The van der Waals surface area contributed by atoms with E-state index in [2.05, 4.69) is 81.9 Å². The van der Waals surface area contributed by atoms with Crippen molar-refractivity contribution >= 4 is 61.8 Å². The number of methoxy groups -OCH3 is 1. The van der Waals surface area contributed by atoms with Gasteiger partial charge in [0.25, 0.3) is 16.7 Å². The lowest BCUT2D eigenvalue weighted by molar-refractivity contribution is 0.413. The van der Waals surface area contributed by atoms with Gasteiger partial charge in [0, 0.05) is 53.2 Å². The molecular weight excluding hydrogens is 1350 g/mol. The fourth-order valence-corrected chi connectivity index (χ4v) is 12.2. The highest BCUT2D eigenvalue weighted by Crippen LogP contribution is 2.34. The van der Waals surface area contributed by atoms with E-state index in [0.717, 1.165) is 27.8 Å². The molecule has 0 radical (unpaired) electrons. The molecule has 0 amide bonds. The van der Waals surface area contributed by atoms with Crippen molar-refractivity contribution in [3.8, 4) is 62.3 Å². The van der Waals surface area contributed by atoms with Gasteiger partial charge in [0.2, 0.25) is 11.6 Å². The van der Waals surface area contributed by atoms with Crippen LogP contribution in [-0.2, 0) is 0 Å². The Morgan fingerprint density at radius 1 is 0.467 bits per heavy atom. The number of nitrogens with one attached hydrogen (secondary N) is 3. The van der Waals surface area contributed by atoms with Crippen LogP contribution in [0.2, 0.25) is 0 Å². The van der Waals surface area contributed by atoms with Crippen molar-refractivity contribution in [1.29, 1.82) is 5.26 Å². The Labute approximate surface area is 612 Å². The Hall–Kier alpha value is -14.7. The highest BCUT2D eigenvalue weighted by molar-refractivity contribution is 5.96. The Morgan fingerprint density at radius 3 is 1.40 bits per heavy atom. The largest absolute Gasteiger partial charge is 0.495 e. The number of ether oxygens (including phenoxy) is 1. The molecule has 0 bridgehead atoms. The molecule has 0 aliphatic carbocycles. The van der Waals surface area contributed by atoms with Gasteiger partial charge in [-0.3, -0.25) is 38.1 Å². The first-order valence-electron chi connectivity index (χ1n) is 33.7. The maximum Gasteiger partial charge on any atom is 0.266 e. The second-order valence-corrected chi connectivity index (χ2v) is 24.6. The summed E-state index contributed by atoms with van der Waals surface area (Å²) >= 11 is 0. The first-order chi connectivity index (χ1) is 52.0. The number of pyridine rings is 1. The third kappa shape index (κ3) is 15.0. The molecule has 27 nitrogen and oxygen atoms in total. The van der Waals surface area contributed by atoms with Crippen LogP contribution in [0.5, 0.6) is 5.75 Å². The molecule has 3 atom stereocenters. The second-order valence-electron chi connectivity index (χ2n) is 24.6. The minimum absolute atomic E-state index is 0.169. The Balaban J connectivity index is 0.000000142. The van der Waals surface area contributed by atoms with Crippen LogP contribution in [0.1, 0.15) is 85.0 Å². The number of anilines is 4. The normalized spacial score (nSPS) is 11.8. The van der Waals surface area contributed by atoms with Crippen LogP contribution < -0.4 is 43.1 Å². The Bertz CT molecular complexity index is 6100. The second kappa shape index (κ2) is 31.3. The van der Waals surface area contributed by atoms with Crippen molar-refractivity contribution in [2.75, 3.05) is 28.8 Å². The zero-order valence-electron chi connectivity index (χ0n) is 59.1. The quantitative estimate of drug-likeness (QED) is 0.0653. The summed E-state index contributed by atoms with van der Waals surface area (Å²) in [5.41, 5.74) is 14.8. The predicted octanol–water partition coefficient (Wildman–Crippen LogP) is 13.3. The van der Waals surface area contributed by atoms with Crippen LogP contribution in [0.25, 0.3) is 88.0 Å². The van der Waals surface area contributed by atoms with E-state index >= 15 is 0 Å². The van der Waals surface area contributed by atoms with Crippen LogP contribution in [0.4, 0.5) is 29.1 Å². The number of rotatable bonds is 16. The molecule has 0 fully saturated rings. The van der Waals surface area contributed by atoms with E-state index in [1.165, 1.54) is 12.4 Å². The maximum atomic E-state index is 14.2. The van der Waals surface area contributed by atoms with Gasteiger partial charge in [-0.05, 0) is 132 Å². The number of hydrogen-bond donors (Lipinski definition) is 4. The van der Waals surface area contributed by atoms with E-state index in [1.54, 1.807) is 78.0 Å². The van der Waals surface area contributed by atoms with Crippen LogP contribution in [-0.4, -0.2) is 90.8 Å². The zero-order chi connectivity index (χ0) is 74.8. The SMILES string of the molecule is Cc1cnc(N)nc1N[C@@H](C)c1nc2cccc(-c3ccnnc3)c2c(=O)n1-c1ccccc1.Cc1ncc(-c2cccc3nc([C@H](C)Nc4nc(C)ncc4C#N)n(-c4ccccc4)c(=O)c23)cn1.[C-]#[N+]c1cnc(C)nc1N[C@@H](C)c1nc2cccc(-c3cncc(OC)c3)c2c(=O)n1-c1ccccc1. The summed E-state index contributed by atoms with van der Waals surface area (Å²) in [7, 11) is 1.58. The van der Waals surface area contributed by atoms with Crippen LogP contribution in [0.15, 0.2) is 228 Å². The fraction of sp³-hybridized carbons (Fsp3) is 0.138. The highest BCUT2D eigenvalue weighted by Gasteiger charge is 2.26. The number of nitrogens with zero attached hydrogens (tertiary/aromatic N) is 19. The zero-order valence-corrected chi connectivity index (χ0v) is 59.1. The van der Waals surface area contributed by atoms with Crippen molar-refractivity contribution in [2.45, 2.75) is 66.6 Å². The summed E-state index contributed by atoms with van der Waals surface area (Å²) in [6.45, 7) is 20.4. The summed E-state index contributed by atoms with van der Waals surface area (Å²) in [4.78, 5) is 98.9. The van der Waals surface area contributed by atoms with E-state index < -0.39 is 12.1 Å². The van der Waals surface area contributed by atoms with E-state index in [9.17, 15) is 19.6 Å². The summed E-state index contributed by atoms with van der Waals surface area (Å²) in [5, 5.41) is 28.7. The van der Waals surface area contributed by atoms with Crippen LogP contribution >= 0.6 is 0 Å². The predicted molar refractivity (Wildman–Crippen MR) is 410 cm³/mol. The van der Waals surface area contributed by atoms with Crippen molar-refractivity contribution in [3.63, 3.8) is 0 Å². The summed E-state index contributed by atoms with van der Waals surface area (Å²) in [6, 6.07) is 49.4. The molecule has 6 aromatic carbocycles.